The van der Waals surface area contributed by atoms with Crippen LogP contribution in [0.2, 0.25) is 0 Å². The number of carbonyl (C=O) groups excluding carboxylic acids is 18. The summed E-state index contributed by atoms with van der Waals surface area (Å²) in [6, 6.07) is 0. The highest BCUT2D eigenvalue weighted by molar-refractivity contribution is 6.55. The van der Waals surface area contributed by atoms with Gasteiger partial charge in [-0.25, -0.2) is 28.8 Å². The molecule has 0 bridgehead atoms. The second-order valence-corrected chi connectivity index (χ2v) is 17.4. The number of β-lactam (4-membered cyclic amide) rings is 12. The summed E-state index contributed by atoms with van der Waals surface area (Å²) in [5.41, 5.74) is -18.2. The molecule has 3 spiro atoms. The Hall–Kier alpha value is -11.5. The van der Waals surface area contributed by atoms with E-state index in [4.69, 9.17) is 20.4 Å². The van der Waals surface area contributed by atoms with E-state index < -0.39 is 195 Å². The van der Waals surface area contributed by atoms with E-state index in [0.29, 0.717) is 19.6 Å². The largest absolute Gasteiger partial charge is 0.480 e. The number of hydrogen-bond acceptors (Lipinski definition) is 24. The van der Waals surface area contributed by atoms with Crippen molar-refractivity contribution in [3.63, 3.8) is 0 Å². The number of imide groups is 6. The van der Waals surface area contributed by atoms with Gasteiger partial charge in [-0.3, -0.25) is 116 Å². The minimum Gasteiger partial charge on any atom is -0.480 e. The summed E-state index contributed by atoms with van der Waals surface area (Å²) in [5.74, 6) is -37.9. The molecule has 0 aliphatic carbocycles. The number of rotatable bonds is 21. The summed E-state index contributed by atoms with van der Waals surface area (Å²) in [5, 5.41) is 65.1. The third-order valence-electron chi connectivity index (χ3n) is 13.4. The SMILES string of the molecule is CCN1C(=O)C2(C1=O)C(=O)N(CN1C(=O)C3(C(=O)N(C)C3=O)C1=O)C2=O.CCNC(=O)C(C(=O)O)(C(=O)O)C(=O)NCN1C(=O)C2(C(=O)N(C)C2=O)C1=O.CCNC(=O)C(C(=O)O)(C(=O)O)C(=O)NCNC(=O)C(C(=O)O)(C(=O)O)C(=O)NC. The molecule has 0 aromatic rings. The molecule has 12 N–H and O–H groups in total. The van der Waals surface area contributed by atoms with Gasteiger partial charge in [0.1, 0.15) is 13.3 Å². The van der Waals surface area contributed by atoms with Crippen molar-refractivity contribution in [2.75, 3.05) is 60.8 Å². The molecule has 6 aliphatic rings. The van der Waals surface area contributed by atoms with Crippen molar-refractivity contribution in [3.05, 3.63) is 0 Å². The molecule has 18 amide bonds. The number of carboxylic acids is 6. The number of aliphatic carboxylic acids is 6. The maximum Gasteiger partial charge on any atom is 0.340 e. The molecule has 450 valence electrons. The molecule has 42 nitrogen and oxygen atoms in total. The Morgan fingerprint density at radius 3 is 0.857 bits per heavy atom. The maximum absolute atomic E-state index is 12.2. The predicted octanol–water partition coefficient (Wildman–Crippen LogP) is -12.9. The Bertz CT molecular complexity index is 3110. The topological polar surface area (TPSA) is 623 Å². The average Bonchev–Trinajstić information content (AvgIpc) is 0.859. The van der Waals surface area contributed by atoms with Crippen molar-refractivity contribution in [3.8, 4) is 0 Å². The molecule has 6 aliphatic heterocycles. The van der Waals surface area contributed by atoms with Gasteiger partial charge in [0.15, 0.2) is 0 Å². The Balaban J connectivity index is 0.000000271. The Morgan fingerprint density at radius 2 is 0.595 bits per heavy atom. The van der Waals surface area contributed by atoms with Gasteiger partial charge in [-0.1, -0.05) is 0 Å². The van der Waals surface area contributed by atoms with Crippen LogP contribution in [0, 0.1) is 32.5 Å². The number of nitrogens with one attached hydrogen (secondary N) is 6. The van der Waals surface area contributed by atoms with Crippen molar-refractivity contribution in [2.24, 2.45) is 32.5 Å². The number of hydrogen-bond donors (Lipinski definition) is 12. The molecule has 84 heavy (non-hydrogen) atoms. The van der Waals surface area contributed by atoms with Crippen LogP contribution in [0.15, 0.2) is 0 Å². The highest BCUT2D eigenvalue weighted by atomic mass is 16.4. The van der Waals surface area contributed by atoms with E-state index in [9.17, 15) is 125 Å². The van der Waals surface area contributed by atoms with Gasteiger partial charge >= 0.3 is 52.1 Å². The highest BCUT2D eigenvalue weighted by Crippen LogP contribution is 2.48. The normalized spacial score (nSPS) is 17.8. The Labute approximate surface area is 462 Å². The fourth-order valence-corrected chi connectivity index (χ4v) is 8.61. The maximum atomic E-state index is 12.2. The van der Waals surface area contributed by atoms with Crippen LogP contribution >= 0.6 is 0 Å². The second-order valence-electron chi connectivity index (χ2n) is 17.4. The van der Waals surface area contributed by atoms with E-state index in [2.05, 4.69) is 0 Å². The van der Waals surface area contributed by atoms with Crippen LogP contribution in [0.3, 0.4) is 0 Å². The van der Waals surface area contributed by atoms with E-state index in [1.165, 1.54) is 20.8 Å². The summed E-state index contributed by atoms with van der Waals surface area (Å²) >= 11 is 0. The van der Waals surface area contributed by atoms with Gasteiger partial charge in [-0.05, 0) is 20.8 Å². The van der Waals surface area contributed by atoms with Gasteiger partial charge in [0.2, 0.25) is 0 Å². The van der Waals surface area contributed by atoms with Gasteiger partial charge < -0.3 is 62.5 Å². The summed E-state index contributed by atoms with van der Waals surface area (Å²) in [4.78, 5) is 287. The lowest BCUT2D eigenvalue weighted by atomic mass is 9.68. The van der Waals surface area contributed by atoms with Crippen LogP contribution in [0.5, 0.6) is 0 Å². The molecule has 6 rings (SSSR count). The Kier molecular flexibility index (Phi) is 17.2. The zero-order valence-electron chi connectivity index (χ0n) is 43.4. The first-order valence-corrected chi connectivity index (χ1v) is 23.0. The summed E-state index contributed by atoms with van der Waals surface area (Å²) in [7, 11) is 3.01. The lowest BCUT2D eigenvalue weighted by Crippen LogP contribution is -2.87. The van der Waals surface area contributed by atoms with Crippen molar-refractivity contribution >= 4 is 142 Å². The number of amides is 18. The first-order valence-electron chi connectivity index (χ1n) is 23.0. The lowest BCUT2D eigenvalue weighted by Gasteiger charge is -2.55. The van der Waals surface area contributed by atoms with Crippen molar-refractivity contribution < 1.29 is 146 Å². The van der Waals surface area contributed by atoms with Crippen LogP contribution in [-0.2, 0) is 115 Å². The van der Waals surface area contributed by atoms with Gasteiger partial charge in [0.25, 0.3) is 123 Å². The van der Waals surface area contributed by atoms with E-state index >= 15 is 0 Å². The first kappa shape index (κ1) is 65.0. The molecule has 6 heterocycles. The molecular formula is C42H42N12O30. The minimum absolute atomic E-state index is 0.00331. The number of carbonyl (C=O) groups is 24. The van der Waals surface area contributed by atoms with Crippen LogP contribution in [-0.4, -0.2) is 263 Å². The molecule has 0 aromatic heterocycles. The van der Waals surface area contributed by atoms with Crippen molar-refractivity contribution in [1.82, 2.24) is 61.3 Å². The molecule has 6 fully saturated rings. The van der Waals surface area contributed by atoms with Crippen LogP contribution < -0.4 is 31.9 Å². The lowest BCUT2D eigenvalue weighted by molar-refractivity contribution is -0.208. The highest BCUT2D eigenvalue weighted by Gasteiger charge is 2.83. The van der Waals surface area contributed by atoms with E-state index in [1.54, 1.807) is 21.3 Å². The van der Waals surface area contributed by atoms with Gasteiger partial charge in [-0.15, -0.1) is 0 Å². The monoisotopic (exact) mass is 1190 g/mol. The third-order valence-corrected chi connectivity index (χ3v) is 13.4. The third kappa shape index (κ3) is 8.06. The summed E-state index contributed by atoms with van der Waals surface area (Å²) in [6.45, 7) is 0.622. The molecule has 0 aromatic carbocycles. The molecule has 42 heteroatoms. The minimum atomic E-state index is -3.67. The zero-order chi connectivity index (χ0) is 64.8. The van der Waals surface area contributed by atoms with Crippen molar-refractivity contribution in [2.45, 2.75) is 20.8 Å². The van der Waals surface area contributed by atoms with E-state index in [0.717, 1.165) is 26.0 Å². The molecule has 6 saturated heterocycles. The standard InChI is InChI=1S/C14H18N4O12.C14H14N4O10.C14H10N4O8/c1-3-16-6(20)14(11(27)28,12(29)30)8(22)18-4-17-7(21)13(9(23)24,10(25)26)5(19)15-2;1-3-15-5(19)13(11(25)26,12(27)28)6(20)16-4-18-9(23)14(10(18)24)7(21)17(2)8(14)22;1-3-16-7(21)14(8(16)22)11(25)18(12(14)26)4-17-9(23)13(10(17)24)5(19)15(2)6(13)20/h3-4H2,1-2H3,(H,15,19)(H,16,20)(H,17,21)(H,18,22)(H,23,24)(H,25,26)(H,27,28)(H,29,30);3-4H2,1-2H3,(H,15,19)(H,16,20)(H,25,26)(H,27,28);3-4H2,1-2H3. The first-order chi connectivity index (χ1) is 38.8. The number of nitrogens with zero attached hydrogens (tertiary/aromatic N) is 6. The van der Waals surface area contributed by atoms with Crippen LogP contribution in [0.1, 0.15) is 20.8 Å². The average molecular weight is 1190 g/mol. The van der Waals surface area contributed by atoms with E-state index in [1.807, 2.05) is 10.6 Å². The van der Waals surface area contributed by atoms with Gasteiger partial charge in [0.05, 0.1) is 6.67 Å². The van der Waals surface area contributed by atoms with Crippen LogP contribution in [0.25, 0.3) is 0 Å². The molecule has 0 unspecified atom stereocenters. The number of likely N-dealkylation sites (tertiary alicyclic amines) is 6. The molecule has 0 saturated carbocycles. The summed E-state index contributed by atoms with van der Waals surface area (Å²) in [6.07, 6.45) is 0. The Morgan fingerprint density at radius 1 is 0.357 bits per heavy atom. The second kappa shape index (κ2) is 22.2. The summed E-state index contributed by atoms with van der Waals surface area (Å²) < 4.78 is 0. The van der Waals surface area contributed by atoms with Crippen LogP contribution in [0.4, 0.5) is 0 Å². The van der Waals surface area contributed by atoms with E-state index in [-0.39, 0.29) is 24.5 Å². The molecule has 0 radical (unpaired) electrons. The smallest absolute Gasteiger partial charge is 0.340 e. The van der Waals surface area contributed by atoms with Gasteiger partial charge in [0, 0.05) is 40.8 Å². The fraction of sp³-hybridized carbons (Fsp3) is 0.429. The van der Waals surface area contributed by atoms with Crippen molar-refractivity contribution in [1.29, 1.82) is 0 Å². The quantitative estimate of drug-likeness (QED) is 0.0288. The molecular weight excluding hydrogens is 1150 g/mol. The zero-order valence-corrected chi connectivity index (χ0v) is 43.4. The fourth-order valence-electron chi connectivity index (χ4n) is 8.61. The predicted molar refractivity (Wildman–Crippen MR) is 244 cm³/mol. The molecule has 0 atom stereocenters. The number of carboxylic acid groups (broad SMARTS) is 6. The van der Waals surface area contributed by atoms with Gasteiger partial charge in [-0.2, -0.15) is 0 Å².